The highest BCUT2D eigenvalue weighted by molar-refractivity contribution is 6.08. The minimum Gasteiger partial charge on any atom is -0.331 e. The Kier molecular flexibility index (Phi) is 2.56. The fourth-order valence-corrected chi connectivity index (χ4v) is 1.53. The van der Waals surface area contributed by atoms with Gasteiger partial charge >= 0.3 is 0 Å². The van der Waals surface area contributed by atoms with E-state index in [0.717, 1.165) is 5.56 Å². The van der Waals surface area contributed by atoms with E-state index in [1.807, 2.05) is 6.92 Å². The zero-order valence-electron chi connectivity index (χ0n) is 9.07. The average molecular weight is 218 g/mol. The standard InChI is InChI=1S/C12H11FN2O/c1-8-3-4-10(13)9(5-8)12(16)11-6-14-7-15(11)2/h3-7H,1-2H3. The third-order valence-electron chi connectivity index (χ3n) is 2.42. The van der Waals surface area contributed by atoms with Crippen molar-refractivity contribution in [3.8, 4) is 0 Å². The van der Waals surface area contributed by atoms with Crippen LogP contribution in [0.3, 0.4) is 0 Å². The molecule has 4 heteroatoms. The van der Waals surface area contributed by atoms with Gasteiger partial charge in [0.1, 0.15) is 11.5 Å². The lowest BCUT2D eigenvalue weighted by atomic mass is 10.1. The van der Waals surface area contributed by atoms with Gasteiger partial charge in [-0.15, -0.1) is 0 Å². The molecule has 0 bridgehead atoms. The number of ketones is 1. The SMILES string of the molecule is Cc1ccc(F)c(C(=O)c2cncn2C)c1. The van der Waals surface area contributed by atoms with E-state index in [0.29, 0.717) is 5.69 Å². The van der Waals surface area contributed by atoms with E-state index in [9.17, 15) is 9.18 Å². The molecular weight excluding hydrogens is 207 g/mol. The number of imidazole rings is 1. The number of carbonyl (C=O) groups is 1. The summed E-state index contributed by atoms with van der Waals surface area (Å²) < 4.78 is 15.1. The maximum absolute atomic E-state index is 13.5. The van der Waals surface area contributed by atoms with Gasteiger partial charge in [0.15, 0.2) is 0 Å². The van der Waals surface area contributed by atoms with Gasteiger partial charge in [0.25, 0.3) is 0 Å². The van der Waals surface area contributed by atoms with Crippen molar-refractivity contribution in [2.24, 2.45) is 7.05 Å². The van der Waals surface area contributed by atoms with Gasteiger partial charge in [-0.3, -0.25) is 4.79 Å². The van der Waals surface area contributed by atoms with Crippen LogP contribution in [0.15, 0.2) is 30.7 Å². The van der Waals surface area contributed by atoms with Crippen molar-refractivity contribution in [3.05, 3.63) is 53.4 Å². The normalized spacial score (nSPS) is 10.4. The molecule has 3 nitrogen and oxygen atoms in total. The summed E-state index contributed by atoms with van der Waals surface area (Å²) >= 11 is 0. The number of nitrogens with zero attached hydrogens (tertiary/aromatic N) is 2. The van der Waals surface area contributed by atoms with E-state index in [1.165, 1.54) is 18.6 Å². The lowest BCUT2D eigenvalue weighted by molar-refractivity contribution is 0.102. The average Bonchev–Trinajstić information content (AvgIpc) is 2.67. The highest BCUT2D eigenvalue weighted by Gasteiger charge is 2.16. The Bertz CT molecular complexity index is 546. The Morgan fingerprint density at radius 2 is 2.19 bits per heavy atom. The summed E-state index contributed by atoms with van der Waals surface area (Å²) in [5, 5.41) is 0. The van der Waals surface area contributed by atoms with Crippen LogP contribution in [0.1, 0.15) is 21.6 Å². The van der Waals surface area contributed by atoms with Crippen LogP contribution >= 0.6 is 0 Å². The van der Waals surface area contributed by atoms with E-state index in [-0.39, 0.29) is 11.3 Å². The van der Waals surface area contributed by atoms with Gasteiger partial charge in [-0.1, -0.05) is 11.6 Å². The lowest BCUT2D eigenvalue weighted by Gasteiger charge is -2.04. The monoisotopic (exact) mass is 218 g/mol. The van der Waals surface area contributed by atoms with E-state index in [2.05, 4.69) is 4.98 Å². The first-order valence-corrected chi connectivity index (χ1v) is 4.87. The van der Waals surface area contributed by atoms with Crippen LogP contribution in [0.2, 0.25) is 0 Å². The third-order valence-corrected chi connectivity index (χ3v) is 2.42. The molecule has 1 aromatic carbocycles. The van der Waals surface area contributed by atoms with Crippen LogP contribution in [0.25, 0.3) is 0 Å². The summed E-state index contributed by atoms with van der Waals surface area (Å²) in [6.45, 7) is 1.82. The fourth-order valence-electron chi connectivity index (χ4n) is 1.53. The molecule has 0 aliphatic heterocycles. The topological polar surface area (TPSA) is 34.9 Å². The number of aryl methyl sites for hydroxylation is 2. The first-order valence-electron chi connectivity index (χ1n) is 4.87. The van der Waals surface area contributed by atoms with Crippen molar-refractivity contribution in [1.29, 1.82) is 0 Å². The molecule has 0 N–H and O–H groups in total. The molecule has 0 saturated carbocycles. The lowest BCUT2D eigenvalue weighted by Crippen LogP contribution is -2.09. The minimum absolute atomic E-state index is 0.0867. The number of hydrogen-bond donors (Lipinski definition) is 0. The van der Waals surface area contributed by atoms with Crippen molar-refractivity contribution in [2.75, 3.05) is 0 Å². The van der Waals surface area contributed by atoms with Crippen LogP contribution < -0.4 is 0 Å². The van der Waals surface area contributed by atoms with Gasteiger partial charge in [0.05, 0.1) is 18.1 Å². The predicted octanol–water partition coefficient (Wildman–Crippen LogP) is 2.10. The van der Waals surface area contributed by atoms with Crippen LogP contribution in [-0.4, -0.2) is 15.3 Å². The maximum Gasteiger partial charge on any atom is 0.213 e. The molecule has 1 heterocycles. The molecule has 2 rings (SSSR count). The van der Waals surface area contributed by atoms with Crippen molar-refractivity contribution in [3.63, 3.8) is 0 Å². The molecule has 0 aliphatic carbocycles. The Labute approximate surface area is 92.5 Å². The molecule has 0 saturated heterocycles. The number of aromatic nitrogens is 2. The summed E-state index contributed by atoms with van der Waals surface area (Å²) in [6.07, 6.45) is 2.95. The second-order valence-electron chi connectivity index (χ2n) is 3.70. The molecule has 0 amide bonds. The van der Waals surface area contributed by atoms with Crippen molar-refractivity contribution in [1.82, 2.24) is 9.55 Å². The number of benzene rings is 1. The third kappa shape index (κ3) is 1.74. The Morgan fingerprint density at radius 1 is 1.44 bits per heavy atom. The number of carbonyl (C=O) groups excluding carboxylic acids is 1. The molecule has 0 aliphatic rings. The first-order chi connectivity index (χ1) is 7.59. The van der Waals surface area contributed by atoms with E-state index in [1.54, 1.807) is 23.7 Å². The summed E-state index contributed by atoms with van der Waals surface area (Å²) in [6, 6.07) is 4.49. The van der Waals surface area contributed by atoms with Gasteiger partial charge in [-0.2, -0.15) is 0 Å². The second kappa shape index (κ2) is 3.89. The van der Waals surface area contributed by atoms with Gasteiger partial charge in [-0.05, 0) is 19.1 Å². The highest BCUT2D eigenvalue weighted by Crippen LogP contribution is 2.14. The summed E-state index contributed by atoms with van der Waals surface area (Å²) in [7, 11) is 1.70. The first kappa shape index (κ1) is 10.5. The minimum atomic E-state index is -0.503. The highest BCUT2D eigenvalue weighted by atomic mass is 19.1. The molecule has 0 fully saturated rings. The predicted molar refractivity (Wildman–Crippen MR) is 57.8 cm³/mol. The summed E-state index contributed by atoms with van der Waals surface area (Å²) in [4.78, 5) is 15.8. The number of rotatable bonds is 2. The Hall–Kier alpha value is -1.97. The zero-order valence-corrected chi connectivity index (χ0v) is 9.07. The number of halogens is 1. The molecule has 0 spiro atoms. The van der Waals surface area contributed by atoms with Crippen LogP contribution in [-0.2, 0) is 7.05 Å². The van der Waals surface area contributed by atoms with E-state index in [4.69, 9.17) is 0 Å². The zero-order chi connectivity index (χ0) is 11.7. The maximum atomic E-state index is 13.5. The van der Waals surface area contributed by atoms with E-state index >= 15 is 0 Å². The Balaban J connectivity index is 2.49. The number of hydrogen-bond acceptors (Lipinski definition) is 2. The van der Waals surface area contributed by atoms with Crippen molar-refractivity contribution in [2.45, 2.75) is 6.92 Å². The van der Waals surface area contributed by atoms with Gasteiger partial charge < -0.3 is 4.57 Å². The van der Waals surface area contributed by atoms with Crippen LogP contribution in [0.5, 0.6) is 0 Å². The van der Waals surface area contributed by atoms with Crippen molar-refractivity contribution >= 4 is 5.78 Å². The van der Waals surface area contributed by atoms with Gasteiger partial charge in [0, 0.05) is 7.05 Å². The molecule has 16 heavy (non-hydrogen) atoms. The molecule has 0 unspecified atom stereocenters. The Morgan fingerprint density at radius 3 is 2.81 bits per heavy atom. The molecule has 1 aromatic heterocycles. The quantitative estimate of drug-likeness (QED) is 0.723. The fraction of sp³-hybridized carbons (Fsp3) is 0.167. The molecular formula is C12H11FN2O. The summed E-state index contributed by atoms with van der Waals surface area (Å²) in [5.41, 5.74) is 1.32. The summed E-state index contributed by atoms with van der Waals surface area (Å²) in [5.74, 6) is -0.849. The van der Waals surface area contributed by atoms with Crippen molar-refractivity contribution < 1.29 is 9.18 Å². The van der Waals surface area contributed by atoms with Crippen LogP contribution in [0, 0.1) is 12.7 Å². The smallest absolute Gasteiger partial charge is 0.213 e. The van der Waals surface area contributed by atoms with Crippen LogP contribution in [0.4, 0.5) is 4.39 Å². The molecule has 0 atom stereocenters. The molecule has 82 valence electrons. The van der Waals surface area contributed by atoms with Gasteiger partial charge in [-0.25, -0.2) is 9.37 Å². The molecule has 2 aromatic rings. The molecule has 0 radical (unpaired) electrons. The second-order valence-corrected chi connectivity index (χ2v) is 3.70. The van der Waals surface area contributed by atoms with E-state index < -0.39 is 5.82 Å². The van der Waals surface area contributed by atoms with Gasteiger partial charge in [0.2, 0.25) is 5.78 Å². The largest absolute Gasteiger partial charge is 0.331 e.